The van der Waals surface area contributed by atoms with E-state index in [4.69, 9.17) is 0 Å². The van der Waals surface area contributed by atoms with Crippen molar-refractivity contribution in [2.75, 3.05) is 11.9 Å². The number of nitrogens with one attached hydrogen (secondary N) is 4. The van der Waals surface area contributed by atoms with Gasteiger partial charge >= 0.3 is 12.1 Å². The summed E-state index contributed by atoms with van der Waals surface area (Å²) in [5, 5.41) is 1.39. The van der Waals surface area contributed by atoms with Gasteiger partial charge in [0.1, 0.15) is 11.1 Å². The third-order valence-corrected chi connectivity index (χ3v) is 10.1. The summed E-state index contributed by atoms with van der Waals surface area (Å²) in [6, 6.07) is 17.6. The Morgan fingerprint density at radius 3 is 2.33 bits per heavy atom. The molecule has 5 rings (SSSR count). The number of amides is 2. The number of para-hydroxylation sites is 2. The van der Waals surface area contributed by atoms with Crippen LogP contribution in [0.2, 0.25) is 0 Å². The molecule has 0 bridgehead atoms. The Kier molecular flexibility index (Phi) is 9.09. The lowest BCUT2D eigenvalue weighted by Gasteiger charge is -2.32. The fraction of sp³-hybridized carbons (Fsp3) is 0.214. The highest BCUT2D eigenvalue weighted by molar-refractivity contribution is 8.23. The number of halogens is 3. The fourth-order valence-corrected chi connectivity index (χ4v) is 7.37. The van der Waals surface area contributed by atoms with Crippen molar-refractivity contribution in [3.63, 3.8) is 0 Å². The SMILES string of the molecule is O=C(COC(=O)C(F)(F)F)Nc1ccc(S(=O)(=O)N[C@@H](Cc2ccc(C3CC(=O)NS3(O)O)cc2)c2nc3ccccc3[nH]2)cc1. The molecule has 13 nitrogen and oxygen atoms in total. The molecule has 1 aliphatic heterocycles. The van der Waals surface area contributed by atoms with E-state index in [2.05, 4.69) is 29.5 Å². The number of H-pyrrole nitrogens is 1. The molecule has 46 heavy (non-hydrogen) atoms. The average Bonchev–Trinajstić information content (AvgIpc) is 3.54. The highest BCUT2D eigenvalue weighted by Crippen LogP contribution is 2.56. The van der Waals surface area contributed by atoms with Gasteiger partial charge in [-0.2, -0.15) is 13.2 Å². The Morgan fingerprint density at radius 2 is 1.72 bits per heavy atom. The molecule has 2 amide bonds. The van der Waals surface area contributed by atoms with Crippen LogP contribution in [-0.2, 0) is 35.6 Å². The summed E-state index contributed by atoms with van der Waals surface area (Å²) in [5.41, 5.74) is 2.49. The van der Waals surface area contributed by atoms with Crippen molar-refractivity contribution in [3.8, 4) is 0 Å². The lowest BCUT2D eigenvalue weighted by Crippen LogP contribution is -2.31. The predicted octanol–water partition coefficient (Wildman–Crippen LogP) is 4.10. The maximum atomic E-state index is 13.5. The Morgan fingerprint density at radius 1 is 1.04 bits per heavy atom. The number of imidazole rings is 1. The first-order valence-corrected chi connectivity index (χ1v) is 16.5. The minimum Gasteiger partial charge on any atom is -0.449 e. The number of benzene rings is 3. The molecule has 6 N–H and O–H groups in total. The molecule has 0 spiro atoms. The van der Waals surface area contributed by atoms with E-state index in [-0.39, 0.29) is 23.4 Å². The van der Waals surface area contributed by atoms with Gasteiger partial charge in [0.25, 0.3) is 5.91 Å². The van der Waals surface area contributed by atoms with Gasteiger partial charge in [-0.05, 0) is 53.9 Å². The molecule has 1 aliphatic rings. The predicted molar refractivity (Wildman–Crippen MR) is 160 cm³/mol. The minimum atomic E-state index is -5.25. The summed E-state index contributed by atoms with van der Waals surface area (Å²) in [7, 11) is -7.57. The molecule has 4 aromatic rings. The fourth-order valence-electron chi connectivity index (χ4n) is 4.69. The van der Waals surface area contributed by atoms with Crippen molar-refractivity contribution in [2.45, 2.75) is 35.2 Å². The first-order valence-electron chi connectivity index (χ1n) is 13.4. The van der Waals surface area contributed by atoms with Gasteiger partial charge in [0.15, 0.2) is 6.61 Å². The second-order valence-electron chi connectivity index (χ2n) is 10.2. The number of rotatable bonds is 10. The highest BCUT2D eigenvalue weighted by Gasteiger charge is 2.41. The lowest BCUT2D eigenvalue weighted by atomic mass is 10.0. The van der Waals surface area contributed by atoms with Gasteiger partial charge < -0.3 is 15.0 Å². The van der Waals surface area contributed by atoms with Gasteiger partial charge in [0.2, 0.25) is 15.9 Å². The van der Waals surface area contributed by atoms with E-state index >= 15 is 0 Å². The number of alkyl halides is 3. The number of carbonyl (C=O) groups is 3. The van der Waals surface area contributed by atoms with Crippen LogP contribution in [0.4, 0.5) is 18.9 Å². The molecule has 18 heteroatoms. The molecule has 3 aromatic carbocycles. The number of aromatic nitrogens is 2. The molecule has 1 saturated heterocycles. The van der Waals surface area contributed by atoms with Crippen molar-refractivity contribution < 1.29 is 49.8 Å². The maximum absolute atomic E-state index is 13.5. The summed E-state index contributed by atoms with van der Waals surface area (Å²) in [6.07, 6.45) is -5.23. The van der Waals surface area contributed by atoms with Crippen LogP contribution in [0.3, 0.4) is 0 Å². The standard InChI is InChI=1S/C28H26F3N5O8S2/c29-28(30,31)27(39)44-15-25(38)32-18-9-11-19(12-10-18)45(40,41)35-22(26-33-20-3-1-2-4-21(20)34-26)13-16-5-7-17(8-6-16)23-14-24(37)36-46(23,42)43/h1-12,22-23,35,42-43H,13-15H2,(H,32,38)(H,33,34)(H,36,37)/t22-,23?/m0/s1. The molecule has 0 radical (unpaired) electrons. The first kappa shape index (κ1) is 32.9. The second kappa shape index (κ2) is 12.7. The van der Waals surface area contributed by atoms with Gasteiger partial charge in [-0.25, -0.2) is 22.9 Å². The molecule has 0 saturated carbocycles. The molecule has 0 aliphatic carbocycles. The summed E-state index contributed by atoms with van der Waals surface area (Å²) in [5.74, 6) is -3.75. The van der Waals surface area contributed by atoms with Crippen molar-refractivity contribution in [3.05, 3.63) is 89.7 Å². The number of carbonyl (C=O) groups excluding carboxylic acids is 3. The van der Waals surface area contributed by atoms with Crippen LogP contribution < -0.4 is 14.8 Å². The van der Waals surface area contributed by atoms with Crippen LogP contribution >= 0.6 is 10.8 Å². The van der Waals surface area contributed by atoms with E-state index in [9.17, 15) is 45.1 Å². The van der Waals surface area contributed by atoms with Crippen LogP contribution in [0.25, 0.3) is 11.0 Å². The van der Waals surface area contributed by atoms with Crippen molar-refractivity contribution in [1.82, 2.24) is 19.4 Å². The quantitative estimate of drug-likeness (QED) is 0.133. The zero-order chi connectivity index (χ0) is 33.3. The van der Waals surface area contributed by atoms with Gasteiger partial charge in [-0.1, -0.05) is 36.4 Å². The molecule has 2 atom stereocenters. The van der Waals surface area contributed by atoms with E-state index in [1.807, 2.05) is 0 Å². The molecule has 244 valence electrons. The van der Waals surface area contributed by atoms with E-state index < -0.39 is 62.7 Å². The van der Waals surface area contributed by atoms with Crippen LogP contribution in [0.1, 0.15) is 34.7 Å². The monoisotopic (exact) mass is 681 g/mol. The zero-order valence-electron chi connectivity index (χ0n) is 23.4. The topological polar surface area (TPSA) is 200 Å². The number of esters is 1. The number of nitrogens with zero attached hydrogens (tertiary/aromatic N) is 1. The van der Waals surface area contributed by atoms with E-state index in [0.29, 0.717) is 28.0 Å². The number of hydrogen-bond donors (Lipinski definition) is 6. The van der Waals surface area contributed by atoms with Gasteiger partial charge in [0, 0.05) is 5.69 Å². The summed E-state index contributed by atoms with van der Waals surface area (Å²) in [6.45, 7) is -1.20. The molecular weight excluding hydrogens is 655 g/mol. The molecular formula is C28H26F3N5O8S2. The summed E-state index contributed by atoms with van der Waals surface area (Å²) < 4.78 is 92.9. The van der Waals surface area contributed by atoms with Crippen molar-refractivity contribution in [1.29, 1.82) is 0 Å². The van der Waals surface area contributed by atoms with Crippen molar-refractivity contribution >= 4 is 55.3 Å². The number of sulfonamides is 1. The summed E-state index contributed by atoms with van der Waals surface area (Å²) in [4.78, 5) is 41.9. The summed E-state index contributed by atoms with van der Waals surface area (Å²) >= 11 is 0. The molecule has 2 heterocycles. The zero-order valence-corrected chi connectivity index (χ0v) is 25.1. The van der Waals surface area contributed by atoms with Gasteiger partial charge in [-0.15, -0.1) is 10.8 Å². The number of anilines is 1. The van der Waals surface area contributed by atoms with Crippen LogP contribution in [-0.4, -0.2) is 58.1 Å². The number of hydrogen-bond acceptors (Lipinski definition) is 9. The lowest BCUT2D eigenvalue weighted by molar-refractivity contribution is -0.199. The van der Waals surface area contributed by atoms with Crippen LogP contribution in [0, 0.1) is 0 Å². The normalized spacial score (nSPS) is 17.7. The molecule has 1 fully saturated rings. The first-order chi connectivity index (χ1) is 21.6. The van der Waals surface area contributed by atoms with E-state index in [1.54, 1.807) is 48.5 Å². The Hall–Kier alpha value is -4.49. The third-order valence-electron chi connectivity index (χ3n) is 6.87. The minimum absolute atomic E-state index is 0.0386. The van der Waals surface area contributed by atoms with E-state index in [0.717, 1.165) is 0 Å². The Bertz CT molecular complexity index is 1850. The molecule has 1 aromatic heterocycles. The Labute approximate surface area is 261 Å². The average molecular weight is 682 g/mol. The third kappa shape index (κ3) is 7.65. The van der Waals surface area contributed by atoms with Crippen LogP contribution in [0.15, 0.2) is 77.7 Å². The highest BCUT2D eigenvalue weighted by atomic mass is 32.3. The largest absolute Gasteiger partial charge is 0.490 e. The Balaban J connectivity index is 1.33. The second-order valence-corrected chi connectivity index (χ2v) is 13.9. The number of fused-ring (bicyclic) bond motifs is 1. The van der Waals surface area contributed by atoms with Crippen LogP contribution in [0.5, 0.6) is 0 Å². The number of aromatic amines is 1. The van der Waals surface area contributed by atoms with E-state index in [1.165, 1.54) is 24.3 Å². The molecule has 1 unspecified atom stereocenters. The van der Waals surface area contributed by atoms with Gasteiger partial charge in [0.05, 0.1) is 28.4 Å². The van der Waals surface area contributed by atoms with Gasteiger partial charge in [-0.3, -0.25) is 23.4 Å². The smallest absolute Gasteiger partial charge is 0.449 e. The maximum Gasteiger partial charge on any atom is 0.490 e. The van der Waals surface area contributed by atoms with Crippen molar-refractivity contribution in [2.24, 2.45) is 0 Å². The number of ether oxygens (including phenoxy) is 1.